The standard InChI is InChI=1S/C44H52N6O8S/c51-39(49-20-9-4-10-21-49)23-28-11-5-2-1-3-6-12-29-26-44(29,43(54)48-59(55,56)31-14-15-31)47-41(52)36-24-30(27-50(36)42(28)53)58-38-25-35(34-13-7-8-19-45-34)46-40-32(38)16-17-37-33(40)18-22-57-37/h6-8,12-13,16-17,19,25,28-31,36H,1-5,9-11,14-15,18,20-24,26-27H2,(H,47,52)(H,48,54)/t28-,29?,30-,36+,44-/m1/s1. The van der Waals surface area contributed by atoms with Crippen LogP contribution in [-0.4, -0.2) is 101 Å². The lowest BCUT2D eigenvalue weighted by molar-refractivity contribution is -0.145. The molecule has 312 valence electrons. The van der Waals surface area contributed by atoms with Gasteiger partial charge in [0.15, 0.2) is 0 Å². The summed E-state index contributed by atoms with van der Waals surface area (Å²) in [7, 11) is -3.89. The highest BCUT2D eigenvalue weighted by Crippen LogP contribution is 2.46. The molecule has 0 spiro atoms. The van der Waals surface area contributed by atoms with Gasteiger partial charge >= 0.3 is 0 Å². The highest BCUT2D eigenvalue weighted by atomic mass is 32.2. The molecule has 3 aromatic rings. The van der Waals surface area contributed by atoms with Crippen molar-refractivity contribution in [2.45, 2.75) is 113 Å². The number of nitrogens with one attached hydrogen (secondary N) is 2. The Morgan fingerprint density at radius 3 is 2.63 bits per heavy atom. The molecule has 15 heteroatoms. The van der Waals surface area contributed by atoms with Crippen LogP contribution < -0.4 is 19.5 Å². The van der Waals surface area contributed by atoms with Gasteiger partial charge in [0.2, 0.25) is 27.7 Å². The quantitative estimate of drug-likeness (QED) is 0.305. The van der Waals surface area contributed by atoms with E-state index in [-0.39, 0.29) is 37.6 Å². The van der Waals surface area contributed by atoms with Gasteiger partial charge in [-0.25, -0.2) is 13.4 Å². The van der Waals surface area contributed by atoms with E-state index in [1.807, 2.05) is 53.5 Å². The molecule has 4 aliphatic heterocycles. The number of nitrogens with zero attached hydrogens (tertiary/aromatic N) is 4. The summed E-state index contributed by atoms with van der Waals surface area (Å²) in [6.45, 7) is 1.96. The average Bonchev–Trinajstić information content (AvgIpc) is 4.12. The van der Waals surface area contributed by atoms with E-state index < -0.39 is 56.6 Å². The summed E-state index contributed by atoms with van der Waals surface area (Å²) in [5.41, 5.74) is 1.49. The van der Waals surface area contributed by atoms with Crippen molar-refractivity contribution in [3.63, 3.8) is 0 Å². The molecular formula is C44H52N6O8S. The molecule has 2 aliphatic carbocycles. The third-order valence-electron chi connectivity index (χ3n) is 12.9. The monoisotopic (exact) mass is 824 g/mol. The minimum absolute atomic E-state index is 0.0490. The van der Waals surface area contributed by atoms with E-state index >= 15 is 0 Å². The van der Waals surface area contributed by atoms with Gasteiger partial charge in [-0.1, -0.05) is 31.1 Å². The van der Waals surface area contributed by atoms with Gasteiger partial charge in [0, 0.05) is 67.4 Å². The number of amides is 4. The number of carbonyl (C=O) groups is 4. The summed E-state index contributed by atoms with van der Waals surface area (Å²) >= 11 is 0. The third kappa shape index (κ3) is 8.14. The van der Waals surface area contributed by atoms with Crippen LogP contribution in [0.3, 0.4) is 0 Å². The molecule has 4 amide bonds. The van der Waals surface area contributed by atoms with Gasteiger partial charge in [0.25, 0.3) is 5.91 Å². The van der Waals surface area contributed by atoms with E-state index in [1.54, 1.807) is 11.1 Å². The fourth-order valence-corrected chi connectivity index (χ4v) is 10.7. The third-order valence-corrected chi connectivity index (χ3v) is 14.7. The number of sulfonamides is 1. The Kier molecular flexibility index (Phi) is 10.8. The molecule has 2 saturated heterocycles. The molecule has 9 rings (SSSR count). The number of carbonyl (C=O) groups excluding carboxylic acids is 4. The van der Waals surface area contributed by atoms with Gasteiger partial charge in [-0.2, -0.15) is 0 Å². The lowest BCUT2D eigenvalue weighted by atomic mass is 9.94. The van der Waals surface area contributed by atoms with Crippen molar-refractivity contribution in [2.75, 3.05) is 26.2 Å². The van der Waals surface area contributed by atoms with Gasteiger partial charge in [-0.15, -0.1) is 0 Å². The summed E-state index contributed by atoms with van der Waals surface area (Å²) in [6.07, 6.45) is 13.6. The Morgan fingerprint density at radius 2 is 1.83 bits per heavy atom. The molecule has 4 fully saturated rings. The van der Waals surface area contributed by atoms with Crippen molar-refractivity contribution in [3.05, 3.63) is 60.3 Å². The molecule has 2 saturated carbocycles. The number of fused-ring (bicyclic) bond motifs is 5. The van der Waals surface area contributed by atoms with Crippen LogP contribution in [0, 0.1) is 11.8 Å². The van der Waals surface area contributed by atoms with Crippen LogP contribution in [0.4, 0.5) is 0 Å². The molecule has 6 heterocycles. The number of benzene rings is 1. The predicted octanol–water partition coefficient (Wildman–Crippen LogP) is 4.60. The second-order valence-electron chi connectivity index (χ2n) is 17.1. The Hall–Kier alpha value is -5.05. The van der Waals surface area contributed by atoms with E-state index in [4.69, 9.17) is 14.5 Å². The zero-order chi connectivity index (χ0) is 40.7. The first kappa shape index (κ1) is 39.4. The lowest BCUT2D eigenvalue weighted by Gasteiger charge is -2.31. The molecular weight excluding hydrogens is 773 g/mol. The highest BCUT2D eigenvalue weighted by molar-refractivity contribution is 7.91. The molecule has 59 heavy (non-hydrogen) atoms. The van der Waals surface area contributed by atoms with Gasteiger partial charge in [0.1, 0.15) is 29.2 Å². The molecule has 6 aliphatic rings. The number of hydrogen-bond donors (Lipinski definition) is 2. The van der Waals surface area contributed by atoms with Crippen molar-refractivity contribution < 1.29 is 37.1 Å². The van der Waals surface area contributed by atoms with Crippen molar-refractivity contribution >= 4 is 44.6 Å². The number of aromatic nitrogens is 2. The van der Waals surface area contributed by atoms with Crippen LogP contribution in [0.2, 0.25) is 0 Å². The Bertz CT molecular complexity index is 2280. The number of rotatable bonds is 8. The topological polar surface area (TPSA) is 177 Å². The van der Waals surface area contributed by atoms with Crippen molar-refractivity contribution in [1.29, 1.82) is 0 Å². The number of pyridine rings is 2. The van der Waals surface area contributed by atoms with Crippen LogP contribution in [0.1, 0.15) is 89.0 Å². The van der Waals surface area contributed by atoms with E-state index in [2.05, 4.69) is 15.0 Å². The van der Waals surface area contributed by atoms with Gasteiger partial charge in [-0.3, -0.25) is 28.9 Å². The number of piperidine rings is 1. The van der Waals surface area contributed by atoms with Crippen LogP contribution in [0.25, 0.3) is 22.3 Å². The number of likely N-dealkylation sites (tertiary alicyclic amines) is 1. The summed E-state index contributed by atoms with van der Waals surface area (Å²) < 4.78 is 40.9. The first-order valence-corrected chi connectivity index (χ1v) is 22.9. The van der Waals surface area contributed by atoms with E-state index in [9.17, 15) is 27.6 Å². The Balaban J connectivity index is 1.05. The Labute approximate surface area is 344 Å². The summed E-state index contributed by atoms with van der Waals surface area (Å²) in [4.78, 5) is 70.1. The van der Waals surface area contributed by atoms with Crippen LogP contribution in [0.5, 0.6) is 11.5 Å². The highest BCUT2D eigenvalue weighted by Gasteiger charge is 2.62. The Morgan fingerprint density at radius 1 is 1.00 bits per heavy atom. The maximum Gasteiger partial charge on any atom is 0.259 e. The largest absolute Gasteiger partial charge is 0.493 e. The first-order valence-electron chi connectivity index (χ1n) is 21.4. The lowest BCUT2D eigenvalue weighted by Crippen LogP contribution is -2.57. The molecule has 0 bridgehead atoms. The SMILES string of the molecule is O=C1N[C@]2(C(=O)NS(=O)(=O)C3CC3)CC2C=CCCCCC[C@H](CC(=O)N2CCCCC2)C(=O)N2C[C@H](Oc3cc(-c4ccccn4)nc4c5c(ccc34)OCC5)C[C@@H]12. The molecule has 2 aromatic heterocycles. The molecule has 0 radical (unpaired) electrons. The molecule has 1 unspecified atom stereocenters. The molecule has 2 N–H and O–H groups in total. The second-order valence-corrected chi connectivity index (χ2v) is 19.1. The smallest absolute Gasteiger partial charge is 0.259 e. The normalized spacial score (nSPS) is 27.4. The summed E-state index contributed by atoms with van der Waals surface area (Å²) in [5.74, 6) is -1.41. The maximum atomic E-state index is 14.9. The average molecular weight is 825 g/mol. The molecule has 14 nitrogen and oxygen atoms in total. The fourth-order valence-electron chi connectivity index (χ4n) is 9.32. The van der Waals surface area contributed by atoms with Gasteiger partial charge < -0.3 is 24.6 Å². The van der Waals surface area contributed by atoms with Gasteiger partial charge in [-0.05, 0) is 82.1 Å². The zero-order valence-corrected chi connectivity index (χ0v) is 34.1. The van der Waals surface area contributed by atoms with Crippen molar-refractivity contribution in [3.8, 4) is 22.9 Å². The minimum atomic E-state index is -3.89. The maximum absolute atomic E-state index is 14.9. The van der Waals surface area contributed by atoms with E-state index in [1.165, 1.54) is 0 Å². The zero-order valence-electron chi connectivity index (χ0n) is 33.3. The first-order chi connectivity index (χ1) is 28.6. The summed E-state index contributed by atoms with van der Waals surface area (Å²) in [6, 6.07) is 10.2. The minimum Gasteiger partial charge on any atom is -0.493 e. The van der Waals surface area contributed by atoms with E-state index in [0.717, 1.165) is 67.2 Å². The van der Waals surface area contributed by atoms with E-state index in [0.29, 0.717) is 62.5 Å². The van der Waals surface area contributed by atoms with Crippen molar-refractivity contribution in [2.24, 2.45) is 11.8 Å². The number of allylic oxidation sites excluding steroid dienone is 1. The van der Waals surface area contributed by atoms with Crippen LogP contribution in [-0.2, 0) is 35.6 Å². The van der Waals surface area contributed by atoms with Gasteiger partial charge in [0.05, 0.1) is 35.3 Å². The summed E-state index contributed by atoms with van der Waals surface area (Å²) in [5, 5.41) is 3.11. The van der Waals surface area contributed by atoms with Crippen LogP contribution >= 0.6 is 0 Å². The van der Waals surface area contributed by atoms with Crippen LogP contribution in [0.15, 0.2) is 54.7 Å². The second kappa shape index (κ2) is 16.2. The predicted molar refractivity (Wildman–Crippen MR) is 219 cm³/mol. The molecule has 5 atom stereocenters. The fraction of sp³-hybridized carbons (Fsp3) is 0.545. The number of hydrogen-bond acceptors (Lipinski definition) is 10. The van der Waals surface area contributed by atoms with Crippen molar-refractivity contribution in [1.82, 2.24) is 29.8 Å². The molecule has 1 aromatic carbocycles. The number of ether oxygens (including phenoxy) is 2.